The minimum Gasteiger partial charge on any atom is -0.320 e. The van der Waals surface area contributed by atoms with E-state index in [1.165, 1.54) is 0 Å². The number of fused-ring (bicyclic) bond motifs is 1. The summed E-state index contributed by atoms with van der Waals surface area (Å²) in [4.78, 5) is 18.9. The lowest BCUT2D eigenvalue weighted by Crippen LogP contribution is -2.22. The van der Waals surface area contributed by atoms with Crippen molar-refractivity contribution in [3.8, 4) is 0 Å². The van der Waals surface area contributed by atoms with E-state index in [1.807, 2.05) is 27.0 Å². The molecular weight excluding hydrogens is 293 g/mol. The Morgan fingerprint density at radius 3 is 2.48 bits per heavy atom. The number of halogens is 1. The molecule has 0 aliphatic heterocycles. The Labute approximate surface area is 140 Å². The number of H-pyrrole nitrogens is 1. The summed E-state index contributed by atoms with van der Waals surface area (Å²) in [5, 5.41) is 2.93. The zero-order valence-electron chi connectivity index (χ0n) is 13.5. The molecule has 0 saturated carbocycles. The second-order valence-corrected chi connectivity index (χ2v) is 5.63. The molecule has 4 nitrogen and oxygen atoms in total. The molecule has 1 heterocycles. The van der Waals surface area contributed by atoms with E-state index in [4.69, 9.17) is 0 Å². The Bertz CT molecular complexity index is 536. The standard InChI is InChI=1S/C13H17FN2O.C3H9N.2CH4/c1-7(2)12-15-9-6-4-5-8(3)11(14)10(9)13(17)16-12;1-3-4-2;;/h4,6-8,11H,5H2,1-3H3,(H,15,16,17);4H,3H2,1-2H3;2*1H4. The van der Waals surface area contributed by atoms with Gasteiger partial charge in [0.15, 0.2) is 0 Å². The summed E-state index contributed by atoms with van der Waals surface area (Å²) in [5.41, 5.74) is 0.314. The van der Waals surface area contributed by atoms with Crippen LogP contribution in [0.5, 0.6) is 0 Å². The fraction of sp³-hybridized carbons (Fsp3) is 0.667. The molecule has 2 atom stereocenters. The first-order valence-electron chi connectivity index (χ1n) is 7.51. The zero-order valence-corrected chi connectivity index (χ0v) is 13.5. The second kappa shape index (κ2) is 11.1. The highest BCUT2D eigenvalue weighted by Crippen LogP contribution is 2.31. The number of hydrogen-bond donors (Lipinski definition) is 2. The third-order valence-electron chi connectivity index (χ3n) is 3.46. The molecule has 5 heteroatoms. The molecule has 1 aromatic heterocycles. The largest absolute Gasteiger partial charge is 0.320 e. The van der Waals surface area contributed by atoms with Gasteiger partial charge in [-0.25, -0.2) is 9.37 Å². The van der Waals surface area contributed by atoms with Crippen molar-refractivity contribution in [2.75, 3.05) is 13.6 Å². The van der Waals surface area contributed by atoms with Gasteiger partial charge in [-0.15, -0.1) is 0 Å². The summed E-state index contributed by atoms with van der Waals surface area (Å²) >= 11 is 0. The molecule has 1 aromatic rings. The van der Waals surface area contributed by atoms with Gasteiger partial charge in [0.05, 0.1) is 11.3 Å². The van der Waals surface area contributed by atoms with Gasteiger partial charge in [0.25, 0.3) is 5.56 Å². The van der Waals surface area contributed by atoms with E-state index in [0.29, 0.717) is 17.9 Å². The van der Waals surface area contributed by atoms with Crippen LogP contribution in [-0.2, 0) is 0 Å². The fourth-order valence-corrected chi connectivity index (χ4v) is 1.98. The van der Waals surface area contributed by atoms with Crippen molar-refractivity contribution < 1.29 is 4.39 Å². The van der Waals surface area contributed by atoms with Gasteiger partial charge in [-0.1, -0.05) is 48.6 Å². The fourth-order valence-electron chi connectivity index (χ4n) is 1.98. The maximum absolute atomic E-state index is 14.1. The maximum Gasteiger partial charge on any atom is 0.257 e. The number of allylic oxidation sites excluding steroid dienone is 1. The van der Waals surface area contributed by atoms with Gasteiger partial charge in [-0.3, -0.25) is 4.79 Å². The molecule has 1 aliphatic rings. The third-order valence-corrected chi connectivity index (χ3v) is 3.46. The molecule has 2 rings (SSSR count). The molecular formula is C18H34FN3O. The SMILES string of the molecule is C.C.CC(C)c1nc2c(c(=O)[nH]1)C(F)C(C)CC=C2.CCNC. The quantitative estimate of drug-likeness (QED) is 0.843. The highest BCUT2D eigenvalue weighted by atomic mass is 19.1. The molecule has 0 fully saturated rings. The molecule has 23 heavy (non-hydrogen) atoms. The van der Waals surface area contributed by atoms with Crippen molar-refractivity contribution in [1.82, 2.24) is 15.3 Å². The van der Waals surface area contributed by atoms with Crippen LogP contribution in [0.4, 0.5) is 4.39 Å². The van der Waals surface area contributed by atoms with Crippen molar-refractivity contribution in [3.63, 3.8) is 0 Å². The van der Waals surface area contributed by atoms with Crippen LogP contribution < -0.4 is 10.9 Å². The van der Waals surface area contributed by atoms with Gasteiger partial charge >= 0.3 is 0 Å². The van der Waals surface area contributed by atoms with Crippen molar-refractivity contribution in [2.45, 2.75) is 61.1 Å². The first-order chi connectivity index (χ1) is 9.92. The van der Waals surface area contributed by atoms with Crippen LogP contribution in [0.15, 0.2) is 10.9 Å². The predicted octanol–water partition coefficient (Wildman–Crippen LogP) is 4.45. The summed E-state index contributed by atoms with van der Waals surface area (Å²) < 4.78 is 14.1. The number of rotatable bonds is 2. The average Bonchev–Trinajstić information content (AvgIpc) is 2.59. The summed E-state index contributed by atoms with van der Waals surface area (Å²) in [6.07, 6.45) is 3.04. The van der Waals surface area contributed by atoms with E-state index >= 15 is 0 Å². The molecule has 2 unspecified atom stereocenters. The van der Waals surface area contributed by atoms with E-state index in [2.05, 4.69) is 22.2 Å². The van der Waals surface area contributed by atoms with Gasteiger partial charge in [-0.2, -0.15) is 0 Å². The van der Waals surface area contributed by atoms with E-state index in [9.17, 15) is 9.18 Å². The number of aromatic nitrogens is 2. The Morgan fingerprint density at radius 2 is 2.00 bits per heavy atom. The van der Waals surface area contributed by atoms with Crippen LogP contribution in [0.1, 0.15) is 78.1 Å². The van der Waals surface area contributed by atoms with Crippen LogP contribution in [-0.4, -0.2) is 23.6 Å². The lowest BCUT2D eigenvalue weighted by molar-refractivity contribution is 0.246. The van der Waals surface area contributed by atoms with Crippen molar-refractivity contribution >= 4 is 6.08 Å². The number of aromatic amines is 1. The molecule has 0 aromatic carbocycles. The Kier molecular flexibility index (Phi) is 11.5. The van der Waals surface area contributed by atoms with Crippen molar-refractivity contribution in [3.05, 3.63) is 33.5 Å². The van der Waals surface area contributed by atoms with E-state index in [-0.39, 0.29) is 37.8 Å². The van der Waals surface area contributed by atoms with Gasteiger partial charge in [0, 0.05) is 5.92 Å². The second-order valence-electron chi connectivity index (χ2n) is 5.63. The number of alkyl halides is 1. The summed E-state index contributed by atoms with van der Waals surface area (Å²) in [6.45, 7) is 8.83. The number of nitrogens with one attached hydrogen (secondary N) is 2. The molecule has 1 aliphatic carbocycles. The summed E-state index contributed by atoms with van der Waals surface area (Å²) in [5.74, 6) is 0.556. The van der Waals surface area contributed by atoms with E-state index < -0.39 is 6.17 Å². The zero-order chi connectivity index (χ0) is 16.0. The van der Waals surface area contributed by atoms with E-state index in [1.54, 1.807) is 13.0 Å². The number of nitrogens with zero attached hydrogens (tertiary/aromatic N) is 1. The maximum atomic E-state index is 14.1. The Hall–Kier alpha value is -1.49. The lowest BCUT2D eigenvalue weighted by Gasteiger charge is -2.15. The topological polar surface area (TPSA) is 57.8 Å². The first kappa shape index (κ1) is 23.8. The molecule has 0 bridgehead atoms. The van der Waals surface area contributed by atoms with Gasteiger partial charge in [0.1, 0.15) is 12.0 Å². The minimum absolute atomic E-state index is 0. The average molecular weight is 327 g/mol. The summed E-state index contributed by atoms with van der Waals surface area (Å²) in [6, 6.07) is 0. The van der Waals surface area contributed by atoms with Crippen LogP contribution >= 0.6 is 0 Å². The normalized spacial score (nSPS) is 18.7. The summed E-state index contributed by atoms with van der Waals surface area (Å²) in [7, 11) is 1.93. The lowest BCUT2D eigenvalue weighted by atomic mass is 9.98. The molecule has 0 amide bonds. The molecule has 0 radical (unpaired) electrons. The van der Waals surface area contributed by atoms with Gasteiger partial charge in [0.2, 0.25) is 0 Å². The highest BCUT2D eigenvalue weighted by Gasteiger charge is 2.26. The third kappa shape index (κ3) is 6.26. The van der Waals surface area contributed by atoms with Crippen LogP contribution in [0.3, 0.4) is 0 Å². The van der Waals surface area contributed by atoms with Gasteiger partial charge < -0.3 is 10.3 Å². The molecule has 0 saturated heterocycles. The molecule has 0 spiro atoms. The van der Waals surface area contributed by atoms with Crippen molar-refractivity contribution in [2.24, 2.45) is 5.92 Å². The Balaban J connectivity index is 0. The van der Waals surface area contributed by atoms with Crippen LogP contribution in [0.2, 0.25) is 0 Å². The van der Waals surface area contributed by atoms with Gasteiger partial charge in [-0.05, 0) is 32.0 Å². The molecule has 2 N–H and O–H groups in total. The Morgan fingerprint density at radius 1 is 1.43 bits per heavy atom. The minimum atomic E-state index is -1.24. The van der Waals surface area contributed by atoms with Crippen molar-refractivity contribution in [1.29, 1.82) is 0 Å². The number of hydrogen-bond acceptors (Lipinski definition) is 3. The predicted molar refractivity (Wildman–Crippen MR) is 98.7 cm³/mol. The smallest absolute Gasteiger partial charge is 0.257 e. The highest BCUT2D eigenvalue weighted by molar-refractivity contribution is 5.51. The van der Waals surface area contributed by atoms with Crippen LogP contribution in [0.25, 0.3) is 6.08 Å². The van der Waals surface area contributed by atoms with Crippen LogP contribution in [0, 0.1) is 5.92 Å². The first-order valence-corrected chi connectivity index (χ1v) is 7.51. The monoisotopic (exact) mass is 327 g/mol. The molecule has 134 valence electrons. The van der Waals surface area contributed by atoms with E-state index in [0.717, 1.165) is 6.54 Å².